The summed E-state index contributed by atoms with van der Waals surface area (Å²) < 4.78 is 0. The van der Waals surface area contributed by atoms with E-state index in [4.69, 9.17) is 0 Å². The Morgan fingerprint density at radius 3 is 2.78 bits per heavy atom. The van der Waals surface area contributed by atoms with E-state index in [0.29, 0.717) is 18.0 Å². The molecule has 0 spiro atoms. The van der Waals surface area contributed by atoms with Crippen LogP contribution in [0.15, 0.2) is 18.6 Å². The first-order valence-electron chi connectivity index (χ1n) is 8.62. The lowest BCUT2D eigenvalue weighted by Gasteiger charge is -2.41. The van der Waals surface area contributed by atoms with E-state index in [1.807, 2.05) is 18.0 Å². The van der Waals surface area contributed by atoms with Crippen molar-refractivity contribution >= 4 is 11.7 Å². The molecule has 0 aliphatic carbocycles. The van der Waals surface area contributed by atoms with Gasteiger partial charge >= 0.3 is 0 Å². The van der Waals surface area contributed by atoms with Gasteiger partial charge in [0.2, 0.25) is 5.91 Å². The minimum Gasteiger partial charge on any atom is -0.356 e. The maximum Gasteiger partial charge on any atom is 0.222 e. The van der Waals surface area contributed by atoms with Gasteiger partial charge in [0, 0.05) is 58.4 Å². The van der Waals surface area contributed by atoms with E-state index in [0.717, 1.165) is 57.6 Å². The van der Waals surface area contributed by atoms with Crippen LogP contribution in [0.2, 0.25) is 0 Å². The fourth-order valence-electron chi connectivity index (χ4n) is 3.74. The highest BCUT2D eigenvalue weighted by Crippen LogP contribution is 2.22. The van der Waals surface area contributed by atoms with E-state index >= 15 is 0 Å². The number of likely N-dealkylation sites (N-methyl/N-ethyl adjacent to an activating group) is 1. The Morgan fingerprint density at radius 1 is 1.30 bits per heavy atom. The third kappa shape index (κ3) is 3.80. The molecule has 3 rings (SSSR count). The number of rotatable bonds is 4. The van der Waals surface area contributed by atoms with E-state index in [1.54, 1.807) is 12.5 Å². The van der Waals surface area contributed by atoms with Gasteiger partial charge in [-0.2, -0.15) is 0 Å². The molecular formula is C17H27N5O. The Morgan fingerprint density at radius 2 is 2.09 bits per heavy atom. The molecule has 0 N–H and O–H groups in total. The zero-order valence-electron chi connectivity index (χ0n) is 14.2. The molecule has 1 atom stereocenters. The zero-order chi connectivity index (χ0) is 16.2. The highest BCUT2D eigenvalue weighted by Gasteiger charge is 2.29. The van der Waals surface area contributed by atoms with Gasteiger partial charge in [-0.05, 0) is 31.7 Å². The summed E-state index contributed by atoms with van der Waals surface area (Å²) in [5.41, 5.74) is 0. The molecule has 23 heavy (non-hydrogen) atoms. The van der Waals surface area contributed by atoms with Gasteiger partial charge in [0.15, 0.2) is 0 Å². The third-order valence-electron chi connectivity index (χ3n) is 5.37. The van der Waals surface area contributed by atoms with Crippen LogP contribution in [0.3, 0.4) is 0 Å². The highest BCUT2D eigenvalue weighted by molar-refractivity contribution is 5.76. The van der Waals surface area contributed by atoms with E-state index in [1.165, 1.54) is 0 Å². The fourth-order valence-corrected chi connectivity index (χ4v) is 3.74. The molecule has 6 heteroatoms. The second kappa shape index (κ2) is 7.25. The Labute approximate surface area is 138 Å². The van der Waals surface area contributed by atoms with Crippen molar-refractivity contribution in [2.24, 2.45) is 0 Å². The van der Waals surface area contributed by atoms with Gasteiger partial charge < -0.3 is 14.7 Å². The molecule has 0 aromatic carbocycles. The maximum atomic E-state index is 11.8. The van der Waals surface area contributed by atoms with Crippen molar-refractivity contribution in [3.63, 3.8) is 0 Å². The van der Waals surface area contributed by atoms with Crippen molar-refractivity contribution in [2.45, 2.75) is 44.2 Å². The summed E-state index contributed by atoms with van der Waals surface area (Å²) in [6.45, 7) is 3.21. The molecular weight excluding hydrogens is 290 g/mol. The molecule has 6 nitrogen and oxygen atoms in total. The Balaban J connectivity index is 1.49. The van der Waals surface area contributed by atoms with Crippen molar-refractivity contribution in [1.29, 1.82) is 0 Å². The number of carbonyl (C=O) groups excluding carboxylic acids is 1. The van der Waals surface area contributed by atoms with Crippen LogP contribution in [0.4, 0.5) is 5.82 Å². The number of nitrogens with zero attached hydrogens (tertiary/aromatic N) is 5. The molecule has 2 saturated heterocycles. The SMILES string of the molecule is CN1C(=O)CCCC1CN1CCC(N(C)c2ccncn2)CC1. The lowest BCUT2D eigenvalue weighted by molar-refractivity contribution is -0.135. The van der Waals surface area contributed by atoms with E-state index < -0.39 is 0 Å². The van der Waals surface area contributed by atoms with Crippen LogP contribution >= 0.6 is 0 Å². The molecule has 126 valence electrons. The molecule has 0 bridgehead atoms. The van der Waals surface area contributed by atoms with Crippen LogP contribution < -0.4 is 4.90 Å². The van der Waals surface area contributed by atoms with Gasteiger partial charge in [-0.25, -0.2) is 9.97 Å². The number of amides is 1. The van der Waals surface area contributed by atoms with Crippen molar-refractivity contribution in [1.82, 2.24) is 19.8 Å². The van der Waals surface area contributed by atoms with Crippen LogP contribution in [0.25, 0.3) is 0 Å². The van der Waals surface area contributed by atoms with Crippen LogP contribution in [0, 0.1) is 0 Å². The van der Waals surface area contributed by atoms with Gasteiger partial charge in [-0.3, -0.25) is 4.79 Å². The van der Waals surface area contributed by atoms with E-state index in [9.17, 15) is 4.79 Å². The molecule has 2 aliphatic heterocycles. The van der Waals surface area contributed by atoms with Crippen LogP contribution in [0.5, 0.6) is 0 Å². The molecule has 1 amide bonds. The number of aromatic nitrogens is 2. The molecule has 2 fully saturated rings. The van der Waals surface area contributed by atoms with E-state index in [2.05, 4.69) is 26.8 Å². The van der Waals surface area contributed by atoms with Gasteiger partial charge in [0.25, 0.3) is 0 Å². The topological polar surface area (TPSA) is 52.6 Å². The lowest BCUT2D eigenvalue weighted by atomic mass is 9.99. The van der Waals surface area contributed by atoms with Gasteiger partial charge in [-0.1, -0.05) is 0 Å². The first-order valence-corrected chi connectivity index (χ1v) is 8.62. The van der Waals surface area contributed by atoms with Gasteiger partial charge in [0.1, 0.15) is 12.1 Å². The Bertz CT molecular complexity index is 515. The summed E-state index contributed by atoms with van der Waals surface area (Å²) in [5, 5.41) is 0. The monoisotopic (exact) mass is 317 g/mol. The summed E-state index contributed by atoms with van der Waals surface area (Å²) in [6, 6.07) is 2.90. The predicted octanol–water partition coefficient (Wildman–Crippen LogP) is 1.39. The second-order valence-electron chi connectivity index (χ2n) is 6.76. The smallest absolute Gasteiger partial charge is 0.222 e. The predicted molar refractivity (Wildman–Crippen MR) is 90.3 cm³/mol. The van der Waals surface area contributed by atoms with Crippen LogP contribution in [-0.4, -0.2) is 71.5 Å². The second-order valence-corrected chi connectivity index (χ2v) is 6.76. The average molecular weight is 317 g/mol. The quantitative estimate of drug-likeness (QED) is 0.840. The van der Waals surface area contributed by atoms with Crippen LogP contribution in [-0.2, 0) is 4.79 Å². The summed E-state index contributed by atoms with van der Waals surface area (Å²) in [7, 11) is 4.08. The first kappa shape index (κ1) is 16.2. The highest BCUT2D eigenvalue weighted by atomic mass is 16.2. The number of carbonyl (C=O) groups is 1. The number of likely N-dealkylation sites (tertiary alicyclic amines) is 2. The van der Waals surface area contributed by atoms with E-state index in [-0.39, 0.29) is 0 Å². The Hall–Kier alpha value is -1.69. The average Bonchev–Trinajstić information content (AvgIpc) is 2.60. The number of hydrogen-bond acceptors (Lipinski definition) is 5. The number of piperidine rings is 2. The number of anilines is 1. The lowest BCUT2D eigenvalue weighted by Crippen LogP contribution is -2.51. The molecule has 1 aromatic heterocycles. The van der Waals surface area contributed by atoms with Crippen LogP contribution in [0.1, 0.15) is 32.1 Å². The largest absolute Gasteiger partial charge is 0.356 e. The zero-order valence-corrected chi connectivity index (χ0v) is 14.2. The van der Waals surface area contributed by atoms with Crippen molar-refractivity contribution in [2.75, 3.05) is 38.6 Å². The summed E-state index contributed by atoms with van der Waals surface area (Å²) in [6.07, 6.45) is 8.60. The molecule has 1 aromatic rings. The normalized spacial score (nSPS) is 24.0. The molecule has 0 radical (unpaired) electrons. The molecule has 2 aliphatic rings. The molecule has 3 heterocycles. The maximum absolute atomic E-state index is 11.8. The number of hydrogen-bond donors (Lipinski definition) is 0. The van der Waals surface area contributed by atoms with Gasteiger partial charge in [-0.15, -0.1) is 0 Å². The minimum absolute atomic E-state index is 0.305. The minimum atomic E-state index is 0.305. The first-order chi connectivity index (χ1) is 11.1. The van der Waals surface area contributed by atoms with Gasteiger partial charge in [0.05, 0.1) is 0 Å². The van der Waals surface area contributed by atoms with Crippen molar-refractivity contribution in [3.8, 4) is 0 Å². The van der Waals surface area contributed by atoms with Crippen molar-refractivity contribution < 1.29 is 4.79 Å². The summed E-state index contributed by atoms with van der Waals surface area (Å²) in [5.74, 6) is 1.30. The molecule has 1 unspecified atom stereocenters. The van der Waals surface area contributed by atoms with Crippen molar-refractivity contribution in [3.05, 3.63) is 18.6 Å². The Kier molecular flexibility index (Phi) is 5.10. The summed E-state index contributed by atoms with van der Waals surface area (Å²) in [4.78, 5) is 26.9. The standard InChI is InChI=1S/C17H27N5O/c1-20(16-6-9-18-13-19-16)14-7-10-22(11-8-14)12-15-4-3-5-17(23)21(15)2/h6,9,13-15H,3-5,7-8,10-12H2,1-2H3. The fraction of sp³-hybridized carbons (Fsp3) is 0.706. The molecule has 0 saturated carbocycles. The third-order valence-corrected chi connectivity index (χ3v) is 5.37. The summed E-state index contributed by atoms with van der Waals surface area (Å²) >= 11 is 0.